The topological polar surface area (TPSA) is 58.6 Å². The van der Waals surface area contributed by atoms with E-state index >= 15 is 0 Å². The first-order valence-corrected chi connectivity index (χ1v) is 8.36. The van der Waals surface area contributed by atoms with Crippen LogP contribution in [0.4, 0.5) is 0 Å². The van der Waals surface area contributed by atoms with Gasteiger partial charge in [0.1, 0.15) is 0 Å². The van der Waals surface area contributed by atoms with Crippen LogP contribution in [-0.4, -0.2) is 37.5 Å². The van der Waals surface area contributed by atoms with Gasteiger partial charge in [-0.05, 0) is 26.2 Å². The Morgan fingerprint density at radius 2 is 1.39 bits per heavy atom. The van der Waals surface area contributed by atoms with Crippen LogP contribution < -0.4 is 4.89 Å². The van der Waals surface area contributed by atoms with E-state index in [4.69, 9.17) is 4.52 Å². The summed E-state index contributed by atoms with van der Waals surface area (Å²) in [6, 6.07) is 0. The predicted molar refractivity (Wildman–Crippen MR) is 70.9 cm³/mol. The highest BCUT2D eigenvalue weighted by molar-refractivity contribution is 7.45. The summed E-state index contributed by atoms with van der Waals surface area (Å²) in [5.74, 6) is 0. The van der Waals surface area contributed by atoms with Gasteiger partial charge in [-0.25, -0.2) is 0 Å². The van der Waals surface area contributed by atoms with Crippen molar-refractivity contribution in [3.63, 3.8) is 0 Å². The minimum Gasteiger partial charge on any atom is -0.756 e. The summed E-state index contributed by atoms with van der Waals surface area (Å²) >= 11 is 0. The van der Waals surface area contributed by atoms with Gasteiger partial charge in [0.05, 0.1) is 26.2 Å². The van der Waals surface area contributed by atoms with Crippen LogP contribution in [-0.2, 0) is 13.6 Å². The minimum atomic E-state index is -4.13. The molecular weight excluding hydrogens is 253 g/mol. The molecule has 0 aliphatic heterocycles. The first-order valence-electron chi connectivity index (χ1n) is 6.90. The summed E-state index contributed by atoms with van der Waals surface area (Å²) < 4.78 is 21.8. The van der Waals surface area contributed by atoms with Gasteiger partial charge in [-0.3, -0.25) is 9.09 Å². The van der Waals surface area contributed by atoms with Gasteiger partial charge in [0, 0.05) is 0 Å². The van der Waals surface area contributed by atoms with Gasteiger partial charge in [-0.2, -0.15) is 0 Å². The third-order valence-corrected chi connectivity index (χ3v) is 3.88. The average molecular weight is 281 g/mol. The van der Waals surface area contributed by atoms with Crippen molar-refractivity contribution in [2.75, 3.05) is 33.0 Å². The predicted octanol–water partition coefficient (Wildman–Crippen LogP) is 2.51. The molecule has 0 bridgehead atoms. The summed E-state index contributed by atoms with van der Waals surface area (Å²) in [7, 11) is -4.13. The fourth-order valence-corrected chi connectivity index (χ4v) is 3.12. The highest BCUT2D eigenvalue weighted by atomic mass is 31.2. The Morgan fingerprint density at radius 3 is 1.72 bits per heavy atom. The molecule has 1 atom stereocenters. The van der Waals surface area contributed by atoms with Crippen molar-refractivity contribution in [2.45, 2.75) is 47.0 Å². The molecule has 5 nitrogen and oxygen atoms in total. The monoisotopic (exact) mass is 281 g/mol. The standard InChI is InChI=1S/C12H28NO4P/c1-5-9-13(10-6-2,11-7-3)12-17-18(14,15)16-8-4/h5-12H2,1-4H3. The van der Waals surface area contributed by atoms with E-state index in [2.05, 4.69) is 25.3 Å². The van der Waals surface area contributed by atoms with Crippen LogP contribution in [0.25, 0.3) is 0 Å². The normalized spacial score (nSPS) is 15.6. The summed E-state index contributed by atoms with van der Waals surface area (Å²) in [4.78, 5) is 11.5. The van der Waals surface area contributed by atoms with Crippen molar-refractivity contribution < 1.29 is 23.0 Å². The number of hydrogen-bond acceptors (Lipinski definition) is 4. The number of hydrogen-bond donors (Lipinski definition) is 0. The van der Waals surface area contributed by atoms with Crippen molar-refractivity contribution in [3.8, 4) is 0 Å². The molecule has 0 fully saturated rings. The molecule has 0 saturated heterocycles. The molecule has 0 aromatic heterocycles. The van der Waals surface area contributed by atoms with Gasteiger partial charge in [0.15, 0.2) is 6.73 Å². The lowest BCUT2D eigenvalue weighted by Gasteiger charge is -2.39. The zero-order chi connectivity index (χ0) is 14.1. The lowest BCUT2D eigenvalue weighted by Crippen LogP contribution is -2.51. The van der Waals surface area contributed by atoms with E-state index in [-0.39, 0.29) is 13.3 Å². The van der Waals surface area contributed by atoms with Crippen LogP contribution >= 0.6 is 7.82 Å². The second-order valence-electron chi connectivity index (χ2n) is 4.64. The molecule has 110 valence electrons. The molecule has 0 saturated carbocycles. The molecule has 0 aromatic carbocycles. The second-order valence-corrected chi connectivity index (χ2v) is 6.05. The first-order chi connectivity index (χ1) is 8.45. The smallest absolute Gasteiger partial charge is 0.272 e. The molecule has 0 N–H and O–H groups in total. The lowest BCUT2D eigenvalue weighted by atomic mass is 10.2. The molecule has 1 unspecified atom stereocenters. The maximum absolute atomic E-state index is 11.5. The molecule has 0 aliphatic rings. The highest BCUT2D eigenvalue weighted by Crippen LogP contribution is 2.38. The van der Waals surface area contributed by atoms with Crippen molar-refractivity contribution in [1.82, 2.24) is 0 Å². The number of rotatable bonds is 11. The number of phosphoric ester groups is 1. The van der Waals surface area contributed by atoms with Crippen LogP contribution in [0.3, 0.4) is 0 Å². The fraction of sp³-hybridized carbons (Fsp3) is 1.00. The van der Waals surface area contributed by atoms with E-state index in [9.17, 15) is 9.46 Å². The fourth-order valence-electron chi connectivity index (χ4n) is 2.34. The third-order valence-electron chi connectivity index (χ3n) is 2.87. The first kappa shape index (κ1) is 18.1. The molecule has 0 aliphatic carbocycles. The quantitative estimate of drug-likeness (QED) is 0.332. The molecule has 6 heteroatoms. The van der Waals surface area contributed by atoms with E-state index in [0.29, 0.717) is 4.48 Å². The molecule has 0 heterocycles. The van der Waals surface area contributed by atoms with E-state index in [1.54, 1.807) is 6.92 Å². The molecule has 0 aromatic rings. The third kappa shape index (κ3) is 6.86. The Labute approximate surface area is 111 Å². The van der Waals surface area contributed by atoms with Gasteiger partial charge < -0.3 is 13.9 Å². The minimum absolute atomic E-state index is 0.121. The van der Waals surface area contributed by atoms with E-state index < -0.39 is 7.82 Å². The summed E-state index contributed by atoms with van der Waals surface area (Å²) in [6.07, 6.45) is 3.05. The Hall–Kier alpha value is 0.0700. The molecule has 0 rings (SSSR count). The Kier molecular flexibility index (Phi) is 9.09. The summed E-state index contributed by atoms with van der Waals surface area (Å²) in [5, 5.41) is 0. The van der Waals surface area contributed by atoms with Crippen LogP contribution in [0, 0.1) is 0 Å². The number of phosphoric acid groups is 1. The van der Waals surface area contributed by atoms with Gasteiger partial charge >= 0.3 is 0 Å². The van der Waals surface area contributed by atoms with Gasteiger partial charge in [0.2, 0.25) is 0 Å². The maximum Gasteiger partial charge on any atom is 0.272 e. The van der Waals surface area contributed by atoms with E-state index in [0.717, 1.165) is 38.9 Å². The molecule has 18 heavy (non-hydrogen) atoms. The van der Waals surface area contributed by atoms with Crippen LogP contribution in [0.1, 0.15) is 47.0 Å². The van der Waals surface area contributed by atoms with Crippen LogP contribution in [0.15, 0.2) is 0 Å². The van der Waals surface area contributed by atoms with E-state index in [1.807, 2.05) is 0 Å². The Balaban J connectivity index is 4.60. The second kappa shape index (κ2) is 9.05. The molecule has 0 radical (unpaired) electrons. The van der Waals surface area contributed by atoms with E-state index in [1.165, 1.54) is 0 Å². The van der Waals surface area contributed by atoms with Gasteiger partial charge in [-0.15, -0.1) is 0 Å². The highest BCUT2D eigenvalue weighted by Gasteiger charge is 2.27. The van der Waals surface area contributed by atoms with Crippen LogP contribution in [0.5, 0.6) is 0 Å². The largest absolute Gasteiger partial charge is 0.756 e. The summed E-state index contributed by atoms with van der Waals surface area (Å²) in [6.45, 7) is 11.1. The maximum atomic E-state index is 11.5. The number of nitrogens with zero attached hydrogens (tertiary/aromatic N) is 1. The number of quaternary nitrogens is 1. The zero-order valence-electron chi connectivity index (χ0n) is 12.2. The van der Waals surface area contributed by atoms with Crippen molar-refractivity contribution in [2.24, 2.45) is 0 Å². The Morgan fingerprint density at radius 1 is 0.944 bits per heavy atom. The van der Waals surface area contributed by atoms with Gasteiger partial charge in [0.25, 0.3) is 7.82 Å². The van der Waals surface area contributed by atoms with Crippen molar-refractivity contribution in [1.29, 1.82) is 0 Å². The molecule has 0 amide bonds. The van der Waals surface area contributed by atoms with Crippen LogP contribution in [0.2, 0.25) is 0 Å². The van der Waals surface area contributed by atoms with Gasteiger partial charge in [-0.1, -0.05) is 20.8 Å². The molecule has 0 spiro atoms. The lowest BCUT2D eigenvalue weighted by molar-refractivity contribution is -0.943. The van der Waals surface area contributed by atoms with Crippen molar-refractivity contribution in [3.05, 3.63) is 0 Å². The zero-order valence-corrected chi connectivity index (χ0v) is 13.1. The summed E-state index contributed by atoms with van der Waals surface area (Å²) in [5.41, 5.74) is 0. The molecular formula is C12H28NO4P. The average Bonchev–Trinajstić information content (AvgIpc) is 2.28. The van der Waals surface area contributed by atoms with Crippen molar-refractivity contribution >= 4 is 7.82 Å². The Bertz CT molecular complexity index is 243. The SMILES string of the molecule is CCC[N+](CCC)(CCC)COP(=O)([O-])OCC.